The molecule has 1 aromatic rings. The summed E-state index contributed by atoms with van der Waals surface area (Å²) >= 11 is 0. The molecule has 0 amide bonds. The molecule has 1 aromatic heterocycles. The Hall–Kier alpha value is -1.32. The Balaban J connectivity index is 1.59. The van der Waals surface area contributed by atoms with Crippen LogP contribution >= 0.6 is 0 Å². The van der Waals surface area contributed by atoms with Crippen molar-refractivity contribution in [1.29, 1.82) is 0 Å². The van der Waals surface area contributed by atoms with Crippen molar-refractivity contribution in [3.63, 3.8) is 0 Å². The van der Waals surface area contributed by atoms with Crippen LogP contribution < -0.4 is 0 Å². The minimum absolute atomic E-state index is 0.304. The summed E-state index contributed by atoms with van der Waals surface area (Å²) in [5, 5.41) is 13.2. The van der Waals surface area contributed by atoms with Crippen LogP contribution in [-0.2, 0) is 6.42 Å². The van der Waals surface area contributed by atoms with E-state index in [1.54, 1.807) is 6.92 Å². The zero-order chi connectivity index (χ0) is 13.9. The van der Waals surface area contributed by atoms with Gasteiger partial charge in [-0.1, -0.05) is 5.16 Å². The lowest BCUT2D eigenvalue weighted by molar-refractivity contribution is -0.0382. The highest BCUT2D eigenvalue weighted by Gasteiger charge is 2.48. The van der Waals surface area contributed by atoms with Gasteiger partial charge in [0.1, 0.15) is 5.56 Å². The summed E-state index contributed by atoms with van der Waals surface area (Å²) in [4.78, 5) is 11.4. The molecule has 4 fully saturated rings. The Bertz CT molecular complexity index is 520. The predicted octanol–water partition coefficient (Wildman–Crippen LogP) is 3.30. The van der Waals surface area contributed by atoms with Gasteiger partial charge >= 0.3 is 5.97 Å². The minimum atomic E-state index is -0.900. The topological polar surface area (TPSA) is 63.3 Å². The zero-order valence-electron chi connectivity index (χ0n) is 11.8. The number of carboxylic acids is 1. The van der Waals surface area contributed by atoms with E-state index in [-0.39, 0.29) is 0 Å². The number of aromatic carboxylic acids is 1. The monoisotopic (exact) mass is 275 g/mol. The summed E-state index contributed by atoms with van der Waals surface area (Å²) in [5.74, 6) is 3.80. The van der Waals surface area contributed by atoms with Crippen LogP contribution in [0.15, 0.2) is 4.52 Å². The van der Waals surface area contributed by atoms with E-state index >= 15 is 0 Å². The molecular formula is C16H21NO3. The highest BCUT2D eigenvalue weighted by atomic mass is 16.5. The van der Waals surface area contributed by atoms with Crippen LogP contribution in [0, 0.1) is 36.5 Å². The first-order chi connectivity index (χ1) is 9.61. The van der Waals surface area contributed by atoms with Gasteiger partial charge in [0.2, 0.25) is 0 Å². The number of aromatic nitrogens is 1. The molecule has 5 rings (SSSR count). The lowest BCUT2D eigenvalue weighted by atomic mass is 9.51. The molecule has 4 aliphatic carbocycles. The second kappa shape index (κ2) is 4.34. The van der Waals surface area contributed by atoms with Crippen LogP contribution in [-0.4, -0.2) is 16.2 Å². The number of hydrogen-bond donors (Lipinski definition) is 1. The minimum Gasteiger partial charge on any atom is -0.477 e. The van der Waals surface area contributed by atoms with Crippen LogP contribution in [0.25, 0.3) is 0 Å². The van der Waals surface area contributed by atoms with E-state index in [9.17, 15) is 9.90 Å². The lowest BCUT2D eigenvalue weighted by Crippen LogP contribution is -2.45. The number of nitrogens with zero attached hydrogens (tertiary/aromatic N) is 1. The Morgan fingerprint density at radius 3 is 2.35 bits per heavy atom. The van der Waals surface area contributed by atoms with Gasteiger partial charge in [-0.05, 0) is 68.6 Å². The number of hydrogen-bond acceptors (Lipinski definition) is 3. The largest absolute Gasteiger partial charge is 0.477 e. The molecule has 20 heavy (non-hydrogen) atoms. The summed E-state index contributed by atoms with van der Waals surface area (Å²) < 4.78 is 5.33. The summed E-state index contributed by atoms with van der Waals surface area (Å²) in [5.41, 5.74) is 0.815. The van der Waals surface area contributed by atoms with Crippen LogP contribution in [0.2, 0.25) is 0 Å². The Kier molecular flexibility index (Phi) is 2.69. The lowest BCUT2D eigenvalue weighted by Gasteiger charge is -2.54. The van der Waals surface area contributed by atoms with Crippen molar-refractivity contribution in [2.24, 2.45) is 29.6 Å². The van der Waals surface area contributed by atoms with E-state index < -0.39 is 5.97 Å². The molecule has 4 saturated carbocycles. The van der Waals surface area contributed by atoms with E-state index in [0.717, 1.165) is 30.1 Å². The molecule has 1 N–H and O–H groups in total. The van der Waals surface area contributed by atoms with Gasteiger partial charge in [-0.3, -0.25) is 0 Å². The fraction of sp³-hybridized carbons (Fsp3) is 0.750. The number of rotatable bonds is 3. The summed E-state index contributed by atoms with van der Waals surface area (Å²) in [6.07, 6.45) is 7.64. The van der Waals surface area contributed by atoms with Crippen molar-refractivity contribution in [2.75, 3.05) is 0 Å². The average Bonchev–Trinajstić information content (AvgIpc) is 2.74. The first kappa shape index (κ1) is 12.4. The third kappa shape index (κ3) is 1.80. The normalized spacial score (nSPS) is 38.4. The molecule has 108 valence electrons. The molecule has 4 nitrogen and oxygen atoms in total. The molecule has 0 aromatic carbocycles. The number of carbonyl (C=O) groups is 1. The maximum Gasteiger partial charge on any atom is 0.341 e. The molecule has 0 spiro atoms. The van der Waals surface area contributed by atoms with Gasteiger partial charge < -0.3 is 9.63 Å². The fourth-order valence-corrected chi connectivity index (χ4v) is 5.42. The van der Waals surface area contributed by atoms with Crippen molar-refractivity contribution in [3.8, 4) is 0 Å². The smallest absolute Gasteiger partial charge is 0.341 e. The number of aryl methyl sites for hydroxylation is 1. The van der Waals surface area contributed by atoms with Crippen LogP contribution in [0.4, 0.5) is 0 Å². The predicted molar refractivity (Wildman–Crippen MR) is 72.4 cm³/mol. The molecule has 4 aliphatic rings. The van der Waals surface area contributed by atoms with E-state index in [4.69, 9.17) is 4.52 Å². The maximum absolute atomic E-state index is 11.4. The third-order valence-corrected chi connectivity index (χ3v) is 5.99. The standard InChI is InChI=1S/C16H21NO3/c1-8-15(16(18)19)14(20-17-8)7-13-11-3-9-2-10(5-11)6-12(13)4-9/h9-13H,2-7H2,1H3,(H,18,19). The molecular weight excluding hydrogens is 254 g/mol. The van der Waals surface area contributed by atoms with Gasteiger partial charge in [0.15, 0.2) is 5.76 Å². The van der Waals surface area contributed by atoms with Gasteiger partial charge in [-0.2, -0.15) is 0 Å². The maximum atomic E-state index is 11.4. The molecule has 1 heterocycles. The molecule has 0 saturated heterocycles. The van der Waals surface area contributed by atoms with E-state index in [1.165, 1.54) is 32.1 Å². The Morgan fingerprint density at radius 2 is 1.80 bits per heavy atom. The van der Waals surface area contributed by atoms with E-state index in [1.807, 2.05) is 0 Å². The fourth-order valence-electron chi connectivity index (χ4n) is 5.42. The van der Waals surface area contributed by atoms with Crippen molar-refractivity contribution < 1.29 is 14.4 Å². The highest BCUT2D eigenvalue weighted by Crippen LogP contribution is 2.57. The van der Waals surface area contributed by atoms with Gasteiger partial charge in [0.25, 0.3) is 0 Å². The first-order valence-corrected chi connectivity index (χ1v) is 7.80. The van der Waals surface area contributed by atoms with Gasteiger partial charge in [-0.15, -0.1) is 0 Å². The molecule has 0 aliphatic heterocycles. The molecule has 0 radical (unpaired) electrons. The van der Waals surface area contributed by atoms with Crippen molar-refractivity contribution in [2.45, 2.75) is 45.4 Å². The van der Waals surface area contributed by atoms with Gasteiger partial charge in [0.05, 0.1) is 5.69 Å². The first-order valence-electron chi connectivity index (χ1n) is 7.80. The summed E-state index contributed by atoms with van der Waals surface area (Å²) in [7, 11) is 0. The average molecular weight is 275 g/mol. The Labute approximate surface area is 118 Å². The second-order valence-electron chi connectivity index (χ2n) is 7.17. The quantitative estimate of drug-likeness (QED) is 0.919. The van der Waals surface area contributed by atoms with E-state index in [2.05, 4.69) is 5.16 Å². The second-order valence-corrected chi connectivity index (χ2v) is 7.17. The molecule has 4 bridgehead atoms. The zero-order valence-corrected chi connectivity index (χ0v) is 11.8. The Morgan fingerprint density at radius 1 is 1.20 bits per heavy atom. The molecule has 0 unspecified atom stereocenters. The van der Waals surface area contributed by atoms with Crippen LogP contribution in [0.5, 0.6) is 0 Å². The van der Waals surface area contributed by atoms with Gasteiger partial charge in [0, 0.05) is 6.42 Å². The van der Waals surface area contributed by atoms with Crippen molar-refractivity contribution >= 4 is 5.97 Å². The highest BCUT2D eigenvalue weighted by molar-refractivity contribution is 5.89. The van der Waals surface area contributed by atoms with Crippen molar-refractivity contribution in [3.05, 3.63) is 17.0 Å². The summed E-state index contributed by atoms with van der Waals surface area (Å²) in [6, 6.07) is 0. The molecule has 0 atom stereocenters. The van der Waals surface area contributed by atoms with Gasteiger partial charge in [-0.25, -0.2) is 4.79 Å². The van der Waals surface area contributed by atoms with E-state index in [0.29, 0.717) is 22.9 Å². The summed E-state index contributed by atoms with van der Waals surface area (Å²) in [6.45, 7) is 1.72. The van der Waals surface area contributed by atoms with Crippen molar-refractivity contribution in [1.82, 2.24) is 5.16 Å². The SMILES string of the molecule is Cc1noc(CC2C3CC4CC(C3)CC2C4)c1C(=O)O. The third-order valence-electron chi connectivity index (χ3n) is 5.99. The number of carboxylic acid groups (broad SMARTS) is 1. The van der Waals surface area contributed by atoms with Crippen LogP contribution in [0.1, 0.15) is 53.9 Å². The van der Waals surface area contributed by atoms with Crippen LogP contribution in [0.3, 0.4) is 0 Å². The molecule has 4 heteroatoms.